The Morgan fingerprint density at radius 3 is 1.34 bits per heavy atom. The van der Waals surface area contributed by atoms with E-state index in [1.165, 1.54) is 43.3 Å². The van der Waals surface area contributed by atoms with Crippen molar-refractivity contribution in [3.05, 3.63) is 106 Å². The average molecular weight is 1200 g/mol. The van der Waals surface area contributed by atoms with Crippen LogP contribution < -0.4 is 43.9 Å². The number of non-ortho nitro benzene ring substituents is 2. The first-order valence-corrected chi connectivity index (χ1v) is 25.8. The number of nitrogens with zero attached hydrogens (tertiary/aromatic N) is 2. The van der Waals surface area contributed by atoms with Gasteiger partial charge in [0.2, 0.25) is 0 Å². The number of nitro benzene ring substituents is 2. The van der Waals surface area contributed by atoms with Crippen molar-refractivity contribution in [2.75, 3.05) is 65.2 Å². The predicted molar refractivity (Wildman–Crippen MR) is 286 cm³/mol. The van der Waals surface area contributed by atoms with Crippen molar-refractivity contribution in [1.29, 1.82) is 0 Å². The van der Waals surface area contributed by atoms with E-state index in [1.807, 2.05) is 71.9 Å². The van der Waals surface area contributed by atoms with Gasteiger partial charge in [-0.1, -0.05) is 19.9 Å². The second-order valence-electron chi connectivity index (χ2n) is 18.7. The summed E-state index contributed by atoms with van der Waals surface area (Å²) in [6, 6.07) is 19.3. The van der Waals surface area contributed by atoms with Crippen LogP contribution in [0.3, 0.4) is 0 Å². The van der Waals surface area contributed by atoms with Gasteiger partial charge in [-0.3, -0.25) is 25.0 Å². The molecule has 0 bridgehead atoms. The van der Waals surface area contributed by atoms with Crippen molar-refractivity contribution >= 4 is 23.0 Å². The van der Waals surface area contributed by atoms with Crippen LogP contribution in [0.25, 0.3) is 0 Å². The first kappa shape index (κ1) is 70.3. The fourth-order valence-electron chi connectivity index (χ4n) is 6.94. The number of benzene rings is 3. The second kappa shape index (κ2) is 37.9. The van der Waals surface area contributed by atoms with E-state index in [0.717, 1.165) is 56.8 Å². The van der Waals surface area contributed by atoms with E-state index >= 15 is 0 Å². The number of nitrogens with two attached hydrogens (primary N) is 1. The van der Waals surface area contributed by atoms with E-state index in [0.29, 0.717) is 69.9 Å². The molecule has 3 fully saturated rings. The minimum Gasteiger partial charge on any atom is -1.00 e. The Kier molecular flexibility index (Phi) is 34.6. The van der Waals surface area contributed by atoms with Crippen molar-refractivity contribution < 1.29 is 101 Å². The fraction of sp³-hybridized carbons (Fsp3) is 0.618. The molecule has 0 radical (unpaired) electrons. The van der Waals surface area contributed by atoms with Crippen molar-refractivity contribution in [2.24, 2.45) is 5.92 Å². The number of aliphatic hydroxyl groups is 1. The van der Waals surface area contributed by atoms with Gasteiger partial charge in [0.15, 0.2) is 29.9 Å². The second-order valence-corrected chi connectivity index (χ2v) is 18.7. The summed E-state index contributed by atoms with van der Waals surface area (Å²) in [5.74, 6) is 0.566. The molecule has 0 aliphatic carbocycles. The van der Waals surface area contributed by atoms with Gasteiger partial charge in [-0.2, -0.15) is 0 Å². The highest BCUT2D eigenvalue weighted by atomic mass is 127. The summed E-state index contributed by atoms with van der Waals surface area (Å²) in [6.45, 7) is 27.2. The van der Waals surface area contributed by atoms with Crippen LogP contribution in [0.15, 0.2) is 85.5 Å². The minimum absolute atomic E-state index is 0. The Balaban J connectivity index is 0.000000513. The Morgan fingerprint density at radius 2 is 1.03 bits per heavy atom. The Bertz CT molecular complexity index is 2070. The molecular weight excluding hydrogens is 1120 g/mol. The zero-order valence-electron chi connectivity index (χ0n) is 46.7. The van der Waals surface area contributed by atoms with Crippen molar-refractivity contribution in [2.45, 2.75) is 156 Å². The summed E-state index contributed by atoms with van der Waals surface area (Å²) >= 11 is 0. The number of ether oxygens (including phenoxy) is 12. The van der Waals surface area contributed by atoms with Crippen molar-refractivity contribution in [3.63, 3.8) is 0 Å². The van der Waals surface area contributed by atoms with Crippen molar-refractivity contribution in [3.8, 4) is 17.2 Å². The Labute approximate surface area is 471 Å². The maximum atomic E-state index is 10.6. The van der Waals surface area contributed by atoms with Gasteiger partial charge in [-0.15, -0.1) is 6.58 Å². The number of carbonyl (C=O) groups excluding carboxylic acids is 1. The smallest absolute Gasteiger partial charge is 0.302 e. The van der Waals surface area contributed by atoms with Crippen LogP contribution in [0.4, 0.5) is 17.1 Å². The van der Waals surface area contributed by atoms with Gasteiger partial charge in [-0.05, 0) is 110 Å². The number of carbonyl (C=O) groups is 1. The van der Waals surface area contributed by atoms with Crippen LogP contribution >= 0.6 is 0 Å². The summed E-state index contributed by atoms with van der Waals surface area (Å²) in [5, 5.41) is 29.4. The highest BCUT2D eigenvalue weighted by Crippen LogP contribution is 2.30. The standard InChI is InChI=1S/C17H25NO6.C17H27NO4.C9H11NO4.C8H14O2.C4H8O2.HI/c1-4-14-12-16(24-17(2,3)23-14)22-11-5-10-21-15-8-6-13(7-9-15)18(19)20;1-4-14-12-16(22-17(2,3)21-14)20-11-5-10-19-15-8-6-13(18)7-9-15;11-6-1-7-14-9-4-2-8(3-5-9)10(12)13;1-4-7-5-9-8(2,3)10-6-7;1-3-6-4(2)5;/h6-9,14,16H,4-5,10-12H2,1-3H3;6-9,14,16H,4-5,10-12,18H2,1-3H3;2-5,11H,1,6-7H2;4,7H,1,5-6H2,2-3H3;3H2,1-2H3;1H/p-1. The van der Waals surface area contributed by atoms with E-state index in [4.69, 9.17) is 62.9 Å². The summed E-state index contributed by atoms with van der Waals surface area (Å²) in [6.07, 6.45) is 7.20. The third-order valence-corrected chi connectivity index (χ3v) is 10.8. The van der Waals surface area contributed by atoms with Gasteiger partial charge in [0.1, 0.15) is 17.2 Å². The molecule has 3 aromatic rings. The van der Waals surface area contributed by atoms with E-state index in [9.17, 15) is 25.0 Å². The van der Waals surface area contributed by atoms with Gasteiger partial charge in [0, 0.05) is 81.5 Å². The maximum Gasteiger partial charge on any atom is 0.302 e. The normalized spacial score (nSPS) is 19.8. The number of nitro groups is 2. The monoisotopic (exact) mass is 1200 g/mol. The molecule has 3 saturated heterocycles. The lowest BCUT2D eigenvalue weighted by Gasteiger charge is -2.40. The van der Waals surface area contributed by atoms with Crippen LogP contribution in [0.2, 0.25) is 0 Å². The molecule has 3 aromatic carbocycles. The van der Waals surface area contributed by atoms with Gasteiger partial charge in [0.25, 0.3) is 11.4 Å². The van der Waals surface area contributed by atoms with E-state index < -0.39 is 21.4 Å². The number of hydrogen-bond acceptors (Lipinski definition) is 19. The number of anilines is 1. The van der Waals surface area contributed by atoms with E-state index in [2.05, 4.69) is 25.2 Å². The first-order chi connectivity index (χ1) is 36.0. The summed E-state index contributed by atoms with van der Waals surface area (Å²) in [5.41, 5.74) is 6.46. The largest absolute Gasteiger partial charge is 1.00 e. The fourth-order valence-corrected chi connectivity index (χ4v) is 6.94. The van der Waals surface area contributed by atoms with Gasteiger partial charge >= 0.3 is 5.97 Å². The van der Waals surface area contributed by atoms with Gasteiger partial charge in [-0.25, -0.2) is 0 Å². The molecule has 0 saturated carbocycles. The third kappa shape index (κ3) is 32.0. The quantitative estimate of drug-likeness (QED) is 0.0188. The van der Waals surface area contributed by atoms with Crippen LogP contribution in [0.5, 0.6) is 17.2 Å². The van der Waals surface area contributed by atoms with Gasteiger partial charge in [0.05, 0.1) is 74.9 Å². The molecule has 436 valence electrons. The first-order valence-electron chi connectivity index (χ1n) is 25.8. The summed E-state index contributed by atoms with van der Waals surface area (Å²) in [7, 11) is 0. The van der Waals surface area contributed by atoms with Crippen LogP contribution in [0, 0.1) is 26.1 Å². The number of nitrogen functional groups attached to an aromatic ring is 1. The molecule has 3 heterocycles. The molecule has 3 N–H and O–H groups in total. The summed E-state index contributed by atoms with van der Waals surface area (Å²) in [4.78, 5) is 29.8. The van der Waals surface area contributed by atoms with Crippen LogP contribution in [-0.4, -0.2) is 123 Å². The lowest BCUT2D eigenvalue weighted by atomic mass is 10.1. The molecule has 0 amide bonds. The predicted octanol–water partition coefficient (Wildman–Crippen LogP) is 7.49. The van der Waals surface area contributed by atoms with E-state index in [-0.39, 0.29) is 78.5 Å². The molecule has 3 aliphatic rings. The number of aliphatic hydroxyl groups excluding tert-OH is 1. The molecule has 22 heteroatoms. The SMILES string of the molecule is C=CC1COC(C)(C)OC1.CCC1CC(OCCCOc2ccc(N)cc2)OC(C)(C)O1.CCC1CC(OCCCOc2ccc([N+](=O)[O-])cc2)OC(C)(C)O1.CCOC(C)=O.O=[N+]([O-])c1ccc(OCCCO)cc1.[I-]. The van der Waals surface area contributed by atoms with Gasteiger partial charge < -0.3 is 91.7 Å². The highest BCUT2D eigenvalue weighted by molar-refractivity contribution is 5.65. The molecule has 21 nitrogen and oxygen atoms in total. The van der Waals surface area contributed by atoms with Crippen molar-refractivity contribution in [1.82, 2.24) is 0 Å². The average Bonchev–Trinajstić information content (AvgIpc) is 3.37. The minimum atomic E-state index is -0.626. The molecular formula is C55H85IN3O18-. The molecule has 4 unspecified atom stereocenters. The zero-order chi connectivity index (χ0) is 56.6. The molecule has 77 heavy (non-hydrogen) atoms. The molecule has 6 rings (SSSR count). The summed E-state index contributed by atoms with van der Waals surface area (Å²) < 4.78 is 66.2. The molecule has 0 spiro atoms. The van der Waals surface area contributed by atoms with Crippen LogP contribution in [-0.2, 0) is 47.4 Å². The number of esters is 1. The third-order valence-electron chi connectivity index (χ3n) is 10.8. The number of rotatable bonds is 22. The van der Waals surface area contributed by atoms with Crippen LogP contribution in [0.1, 0.15) is 114 Å². The van der Waals surface area contributed by atoms with E-state index in [1.54, 1.807) is 19.1 Å². The zero-order valence-corrected chi connectivity index (χ0v) is 48.8. The molecule has 0 aromatic heterocycles. The topological polar surface area (TPSA) is 260 Å². The lowest BCUT2D eigenvalue weighted by Crippen LogP contribution is -3.00. The number of halogens is 1. The molecule has 4 atom stereocenters. The highest BCUT2D eigenvalue weighted by Gasteiger charge is 2.36. The lowest BCUT2D eigenvalue weighted by molar-refractivity contribution is -0.385. The Hall–Kier alpha value is -4.76. The molecule has 3 aliphatic heterocycles. The maximum absolute atomic E-state index is 10.6. The number of hydrogen-bond donors (Lipinski definition) is 2. The Morgan fingerprint density at radius 1 is 0.649 bits per heavy atom.